The maximum Gasteiger partial charge on any atom is 0.337 e. The molecule has 0 spiro atoms. The zero-order valence-corrected chi connectivity index (χ0v) is 17.4. The number of ether oxygens (including phenoxy) is 1. The van der Waals surface area contributed by atoms with Gasteiger partial charge in [-0.2, -0.15) is 0 Å². The summed E-state index contributed by atoms with van der Waals surface area (Å²) in [4.78, 5) is 16.8. The van der Waals surface area contributed by atoms with E-state index in [9.17, 15) is 17.6 Å². The standard InChI is InChI=1S/C21H22FN3O4S/c1-3-30(27,28)17-6-4-5-14(9-17)18-10-15(21(26)29-2)11-19-20(18)24-13-25(19)12-16(22)7-8-23/h4-7,9-11,13H,3,8,12,23H2,1-2H3. The molecular formula is C21H22FN3O4S. The van der Waals surface area contributed by atoms with E-state index in [0.29, 0.717) is 22.2 Å². The number of imidazole rings is 1. The van der Waals surface area contributed by atoms with Gasteiger partial charge in [-0.25, -0.2) is 22.6 Å². The number of esters is 1. The molecule has 9 heteroatoms. The predicted molar refractivity (Wildman–Crippen MR) is 112 cm³/mol. The molecule has 158 valence electrons. The van der Waals surface area contributed by atoms with Crippen molar-refractivity contribution in [3.8, 4) is 11.1 Å². The minimum atomic E-state index is -3.42. The number of carbonyl (C=O) groups is 1. The van der Waals surface area contributed by atoms with E-state index in [1.54, 1.807) is 41.8 Å². The van der Waals surface area contributed by atoms with Crippen LogP contribution in [-0.2, 0) is 21.1 Å². The van der Waals surface area contributed by atoms with Gasteiger partial charge < -0.3 is 15.0 Å². The summed E-state index contributed by atoms with van der Waals surface area (Å²) in [6, 6.07) is 9.60. The zero-order valence-electron chi connectivity index (χ0n) is 16.6. The van der Waals surface area contributed by atoms with E-state index >= 15 is 0 Å². The Morgan fingerprint density at radius 3 is 2.73 bits per heavy atom. The van der Waals surface area contributed by atoms with Crippen LogP contribution < -0.4 is 5.73 Å². The summed E-state index contributed by atoms with van der Waals surface area (Å²) in [6.45, 7) is 1.54. The lowest BCUT2D eigenvalue weighted by Gasteiger charge is -2.10. The second kappa shape index (κ2) is 8.76. The number of allylic oxidation sites excluding steroid dienone is 1. The molecule has 0 amide bonds. The highest BCUT2D eigenvalue weighted by Gasteiger charge is 2.18. The summed E-state index contributed by atoms with van der Waals surface area (Å²) in [5.74, 6) is -1.03. The van der Waals surface area contributed by atoms with E-state index in [0.717, 1.165) is 0 Å². The molecule has 0 atom stereocenters. The van der Waals surface area contributed by atoms with Gasteiger partial charge in [0.25, 0.3) is 0 Å². The van der Waals surface area contributed by atoms with E-state index in [-0.39, 0.29) is 29.3 Å². The van der Waals surface area contributed by atoms with Gasteiger partial charge in [0.15, 0.2) is 9.84 Å². The van der Waals surface area contributed by atoms with E-state index in [4.69, 9.17) is 10.5 Å². The zero-order chi connectivity index (χ0) is 21.9. The number of nitrogens with two attached hydrogens (primary N) is 1. The van der Waals surface area contributed by atoms with Gasteiger partial charge >= 0.3 is 5.97 Å². The number of rotatable bonds is 7. The van der Waals surface area contributed by atoms with Gasteiger partial charge in [0.2, 0.25) is 0 Å². The van der Waals surface area contributed by atoms with Gasteiger partial charge in [0.05, 0.1) is 47.2 Å². The van der Waals surface area contributed by atoms with Crippen molar-refractivity contribution >= 4 is 26.8 Å². The molecule has 3 aromatic rings. The van der Waals surface area contributed by atoms with Crippen molar-refractivity contribution in [1.29, 1.82) is 0 Å². The summed E-state index contributed by atoms with van der Waals surface area (Å²) in [7, 11) is -2.15. The number of nitrogens with zero attached hydrogens (tertiary/aromatic N) is 2. The Balaban J connectivity index is 2.24. The minimum absolute atomic E-state index is 0.0323. The molecule has 0 bridgehead atoms. The summed E-state index contributed by atoms with van der Waals surface area (Å²) < 4.78 is 45.0. The fourth-order valence-corrected chi connectivity index (χ4v) is 4.05. The highest BCUT2D eigenvalue weighted by Crippen LogP contribution is 2.31. The third kappa shape index (κ3) is 4.27. The van der Waals surface area contributed by atoms with E-state index in [1.807, 2.05) is 0 Å². The normalized spacial score (nSPS) is 12.3. The smallest absolute Gasteiger partial charge is 0.337 e. The minimum Gasteiger partial charge on any atom is -0.465 e. The molecule has 1 aromatic heterocycles. The average Bonchev–Trinajstić information content (AvgIpc) is 3.15. The second-order valence-corrected chi connectivity index (χ2v) is 8.85. The van der Waals surface area contributed by atoms with Crippen LogP contribution in [0.3, 0.4) is 0 Å². The molecular weight excluding hydrogens is 409 g/mol. The molecule has 3 rings (SSSR count). The van der Waals surface area contributed by atoms with Crippen LogP contribution in [0.25, 0.3) is 22.2 Å². The number of hydrogen-bond acceptors (Lipinski definition) is 6. The Morgan fingerprint density at radius 1 is 1.30 bits per heavy atom. The number of halogens is 1. The topological polar surface area (TPSA) is 104 Å². The van der Waals surface area contributed by atoms with Crippen molar-refractivity contribution in [3.63, 3.8) is 0 Å². The Labute approximate surface area is 173 Å². The van der Waals surface area contributed by atoms with Crippen molar-refractivity contribution in [2.45, 2.75) is 18.4 Å². The van der Waals surface area contributed by atoms with Gasteiger partial charge in [-0.15, -0.1) is 0 Å². The third-order valence-electron chi connectivity index (χ3n) is 4.69. The quantitative estimate of drug-likeness (QED) is 0.577. The Hall–Kier alpha value is -3.04. The molecule has 0 unspecified atom stereocenters. The Kier molecular flexibility index (Phi) is 6.33. The van der Waals surface area contributed by atoms with Crippen LogP contribution in [0.15, 0.2) is 59.5 Å². The summed E-state index contributed by atoms with van der Waals surface area (Å²) in [5.41, 5.74) is 7.74. The lowest BCUT2D eigenvalue weighted by Crippen LogP contribution is -2.05. The molecule has 0 fully saturated rings. The molecule has 0 aliphatic carbocycles. The van der Waals surface area contributed by atoms with Crippen LogP contribution in [0.1, 0.15) is 17.3 Å². The summed E-state index contributed by atoms with van der Waals surface area (Å²) in [6.07, 6.45) is 2.72. The highest BCUT2D eigenvalue weighted by molar-refractivity contribution is 7.91. The number of carbonyl (C=O) groups excluding carboxylic acids is 1. The first-order valence-corrected chi connectivity index (χ1v) is 10.9. The fourth-order valence-electron chi connectivity index (χ4n) is 3.12. The molecule has 0 aliphatic rings. The number of benzene rings is 2. The van der Waals surface area contributed by atoms with Gasteiger partial charge in [-0.3, -0.25) is 0 Å². The van der Waals surface area contributed by atoms with Crippen LogP contribution >= 0.6 is 0 Å². The molecule has 0 saturated heterocycles. The highest BCUT2D eigenvalue weighted by atomic mass is 32.2. The number of hydrogen-bond donors (Lipinski definition) is 1. The van der Waals surface area contributed by atoms with Crippen LogP contribution in [0.4, 0.5) is 4.39 Å². The van der Waals surface area contributed by atoms with E-state index in [2.05, 4.69) is 4.98 Å². The van der Waals surface area contributed by atoms with E-state index < -0.39 is 21.6 Å². The first kappa shape index (κ1) is 21.7. The molecule has 0 radical (unpaired) electrons. The maximum absolute atomic E-state index is 14.0. The molecule has 0 aliphatic heterocycles. The van der Waals surface area contributed by atoms with Gasteiger partial charge in [-0.05, 0) is 35.9 Å². The monoisotopic (exact) mass is 431 g/mol. The summed E-state index contributed by atoms with van der Waals surface area (Å²) in [5, 5.41) is 0. The van der Waals surface area contributed by atoms with Gasteiger partial charge in [0.1, 0.15) is 5.83 Å². The Bertz CT molecular complexity index is 1230. The molecule has 1 heterocycles. The van der Waals surface area contributed by atoms with Crippen LogP contribution in [-0.4, -0.2) is 43.3 Å². The lowest BCUT2D eigenvalue weighted by molar-refractivity contribution is 0.0601. The summed E-state index contributed by atoms with van der Waals surface area (Å²) >= 11 is 0. The molecule has 2 aromatic carbocycles. The van der Waals surface area contributed by atoms with E-state index in [1.165, 1.54) is 25.6 Å². The van der Waals surface area contributed by atoms with Crippen LogP contribution in [0.2, 0.25) is 0 Å². The fraction of sp³-hybridized carbons (Fsp3) is 0.238. The number of fused-ring (bicyclic) bond motifs is 1. The van der Waals surface area contributed by atoms with Crippen molar-refractivity contribution < 1.29 is 22.3 Å². The molecule has 30 heavy (non-hydrogen) atoms. The molecule has 2 N–H and O–H groups in total. The lowest BCUT2D eigenvalue weighted by atomic mass is 10.0. The molecule has 0 saturated carbocycles. The van der Waals surface area contributed by atoms with Crippen LogP contribution in [0.5, 0.6) is 0 Å². The predicted octanol–water partition coefficient (Wildman–Crippen LogP) is 3.10. The number of aromatic nitrogens is 2. The average molecular weight is 431 g/mol. The van der Waals surface area contributed by atoms with Crippen molar-refractivity contribution in [1.82, 2.24) is 9.55 Å². The number of sulfone groups is 1. The van der Waals surface area contributed by atoms with Crippen LogP contribution in [0, 0.1) is 0 Å². The van der Waals surface area contributed by atoms with Gasteiger partial charge in [-0.1, -0.05) is 19.1 Å². The van der Waals surface area contributed by atoms with Gasteiger partial charge in [0, 0.05) is 12.1 Å². The third-order valence-corrected chi connectivity index (χ3v) is 6.42. The Morgan fingerprint density at radius 2 is 2.07 bits per heavy atom. The first-order chi connectivity index (χ1) is 14.3. The first-order valence-electron chi connectivity index (χ1n) is 9.25. The maximum atomic E-state index is 14.0. The largest absolute Gasteiger partial charge is 0.465 e. The van der Waals surface area contributed by atoms with Crippen molar-refractivity contribution in [2.24, 2.45) is 5.73 Å². The number of methoxy groups -OCH3 is 1. The van der Waals surface area contributed by atoms with Crippen molar-refractivity contribution in [3.05, 3.63) is 60.2 Å². The van der Waals surface area contributed by atoms with Crippen molar-refractivity contribution in [2.75, 3.05) is 19.4 Å². The SMILES string of the molecule is CCS(=O)(=O)c1cccc(-c2cc(C(=O)OC)cc3c2ncn3CC(F)=CCN)c1. The second-order valence-electron chi connectivity index (χ2n) is 6.57. The molecule has 7 nitrogen and oxygen atoms in total.